The molecule has 0 amide bonds. The van der Waals surface area contributed by atoms with Crippen molar-refractivity contribution in [2.45, 2.75) is 20.3 Å². The Morgan fingerprint density at radius 2 is 1.96 bits per heavy atom. The van der Waals surface area contributed by atoms with Crippen LogP contribution in [0.4, 0.5) is 0 Å². The number of hydrogen-bond donors (Lipinski definition) is 1. The van der Waals surface area contributed by atoms with Crippen LogP contribution in [-0.2, 0) is 6.42 Å². The van der Waals surface area contributed by atoms with Crippen LogP contribution in [0.15, 0.2) is 42.5 Å². The van der Waals surface area contributed by atoms with Crippen molar-refractivity contribution in [3.63, 3.8) is 0 Å². The van der Waals surface area contributed by atoms with Gasteiger partial charge in [0.1, 0.15) is 5.75 Å². The van der Waals surface area contributed by atoms with Crippen LogP contribution < -0.4 is 9.47 Å². The fourth-order valence-electron chi connectivity index (χ4n) is 2.47. The van der Waals surface area contributed by atoms with E-state index in [9.17, 15) is 9.90 Å². The van der Waals surface area contributed by atoms with Crippen LogP contribution in [-0.4, -0.2) is 30.5 Å². The maximum Gasteiger partial charge on any atom is 0.185 e. The normalized spacial score (nSPS) is 11.1. The van der Waals surface area contributed by atoms with Crippen molar-refractivity contribution in [1.29, 1.82) is 0 Å². The molecule has 0 aliphatic carbocycles. The number of carbonyl (C=O) groups excluding carboxylic acids is 1. The standard InChI is InChI=1S/C22H25ClO4/c1-15(2)14-27-21-9-5-16(12-22(21)26-3)4-7-19(24)17-6-8-20(25)18(13-17)10-11-23/h4-9,12-13,15,25H,10-11,14H2,1-3H3/b7-4+. The maximum atomic E-state index is 12.4. The number of halogens is 1. The lowest BCUT2D eigenvalue weighted by Gasteiger charge is -2.12. The third-order valence-electron chi connectivity index (χ3n) is 3.91. The van der Waals surface area contributed by atoms with Crippen molar-refractivity contribution < 1.29 is 19.4 Å². The van der Waals surface area contributed by atoms with E-state index in [0.29, 0.717) is 47.5 Å². The van der Waals surface area contributed by atoms with Crippen molar-refractivity contribution in [3.8, 4) is 17.2 Å². The summed E-state index contributed by atoms with van der Waals surface area (Å²) in [7, 11) is 1.59. The first-order valence-electron chi connectivity index (χ1n) is 8.85. The summed E-state index contributed by atoms with van der Waals surface area (Å²) in [5.74, 6) is 2.11. The first-order chi connectivity index (χ1) is 12.9. The van der Waals surface area contributed by atoms with Crippen molar-refractivity contribution in [2.75, 3.05) is 19.6 Å². The molecule has 2 rings (SSSR count). The number of ketones is 1. The molecule has 27 heavy (non-hydrogen) atoms. The third-order valence-corrected chi connectivity index (χ3v) is 4.10. The summed E-state index contributed by atoms with van der Waals surface area (Å²) >= 11 is 5.73. The highest BCUT2D eigenvalue weighted by atomic mass is 35.5. The minimum absolute atomic E-state index is 0.148. The zero-order chi connectivity index (χ0) is 19.8. The fraction of sp³-hybridized carbons (Fsp3) is 0.318. The van der Waals surface area contributed by atoms with Gasteiger partial charge in [0, 0.05) is 11.4 Å². The highest BCUT2D eigenvalue weighted by Gasteiger charge is 2.08. The number of alkyl halides is 1. The van der Waals surface area contributed by atoms with Crippen LogP contribution in [0.25, 0.3) is 6.08 Å². The average molecular weight is 389 g/mol. The summed E-state index contributed by atoms with van der Waals surface area (Å²) in [6.07, 6.45) is 3.73. The molecule has 5 heteroatoms. The summed E-state index contributed by atoms with van der Waals surface area (Å²) in [5, 5.41) is 9.80. The van der Waals surface area contributed by atoms with Gasteiger partial charge in [-0.2, -0.15) is 0 Å². The highest BCUT2D eigenvalue weighted by molar-refractivity contribution is 6.18. The molecule has 0 atom stereocenters. The molecular formula is C22H25ClO4. The van der Waals surface area contributed by atoms with Crippen LogP contribution in [0.2, 0.25) is 0 Å². The number of phenols is 1. The molecule has 1 N–H and O–H groups in total. The first kappa shape index (κ1) is 20.8. The van der Waals surface area contributed by atoms with E-state index in [-0.39, 0.29) is 11.5 Å². The van der Waals surface area contributed by atoms with Crippen LogP contribution in [0.1, 0.15) is 35.3 Å². The SMILES string of the molecule is COc1cc(/C=C/C(=O)c2ccc(O)c(CCCl)c2)ccc1OCC(C)C. The summed E-state index contributed by atoms with van der Waals surface area (Å²) in [6, 6.07) is 10.3. The second-order valence-corrected chi connectivity index (χ2v) is 6.97. The van der Waals surface area contributed by atoms with E-state index in [1.54, 1.807) is 25.3 Å². The van der Waals surface area contributed by atoms with Crippen LogP contribution in [0.5, 0.6) is 17.2 Å². The molecule has 0 fully saturated rings. The Labute approximate surface area is 165 Å². The van der Waals surface area contributed by atoms with Gasteiger partial charge in [-0.15, -0.1) is 11.6 Å². The second kappa shape index (κ2) is 10.0. The monoisotopic (exact) mass is 388 g/mol. The van der Waals surface area contributed by atoms with E-state index >= 15 is 0 Å². The molecular weight excluding hydrogens is 364 g/mol. The number of ether oxygens (including phenoxy) is 2. The fourth-order valence-corrected chi connectivity index (χ4v) is 2.68. The Morgan fingerprint density at radius 1 is 1.19 bits per heavy atom. The molecule has 0 spiro atoms. The molecule has 2 aromatic carbocycles. The molecule has 0 aliphatic heterocycles. The molecule has 0 saturated carbocycles. The van der Waals surface area contributed by atoms with Gasteiger partial charge in [-0.3, -0.25) is 4.79 Å². The minimum atomic E-state index is -0.148. The zero-order valence-electron chi connectivity index (χ0n) is 15.9. The average Bonchev–Trinajstić information content (AvgIpc) is 2.66. The van der Waals surface area contributed by atoms with Crippen LogP contribution >= 0.6 is 11.6 Å². The van der Waals surface area contributed by atoms with Gasteiger partial charge in [-0.05, 0) is 59.9 Å². The molecule has 0 bridgehead atoms. The lowest BCUT2D eigenvalue weighted by atomic mass is 10.0. The van der Waals surface area contributed by atoms with Gasteiger partial charge in [0.15, 0.2) is 17.3 Å². The Kier molecular flexibility index (Phi) is 7.74. The molecule has 0 heterocycles. The van der Waals surface area contributed by atoms with Gasteiger partial charge in [0.25, 0.3) is 0 Å². The van der Waals surface area contributed by atoms with Gasteiger partial charge in [-0.25, -0.2) is 0 Å². The van der Waals surface area contributed by atoms with Gasteiger partial charge < -0.3 is 14.6 Å². The van der Waals surface area contributed by atoms with Gasteiger partial charge in [-0.1, -0.05) is 26.0 Å². The predicted molar refractivity (Wildman–Crippen MR) is 109 cm³/mol. The topological polar surface area (TPSA) is 55.8 Å². The number of phenolic OH excluding ortho intramolecular Hbond substituents is 1. The largest absolute Gasteiger partial charge is 0.508 e. The number of methoxy groups -OCH3 is 1. The van der Waals surface area contributed by atoms with E-state index in [1.807, 2.05) is 18.2 Å². The molecule has 0 saturated heterocycles. The van der Waals surface area contributed by atoms with Crippen molar-refractivity contribution in [2.24, 2.45) is 5.92 Å². The van der Waals surface area contributed by atoms with E-state index in [1.165, 1.54) is 12.1 Å². The maximum absolute atomic E-state index is 12.4. The number of benzene rings is 2. The number of carbonyl (C=O) groups is 1. The quantitative estimate of drug-likeness (QED) is 0.368. The lowest BCUT2D eigenvalue weighted by Crippen LogP contribution is -2.05. The van der Waals surface area contributed by atoms with E-state index in [0.717, 1.165) is 5.56 Å². The number of aromatic hydroxyl groups is 1. The summed E-state index contributed by atoms with van der Waals surface area (Å²) in [5.41, 5.74) is 2.00. The molecule has 0 unspecified atom stereocenters. The van der Waals surface area contributed by atoms with Crippen molar-refractivity contribution >= 4 is 23.5 Å². The molecule has 0 aromatic heterocycles. The lowest BCUT2D eigenvalue weighted by molar-refractivity contribution is 0.104. The van der Waals surface area contributed by atoms with Crippen LogP contribution in [0, 0.1) is 5.92 Å². The Hall–Kier alpha value is -2.46. The molecule has 0 radical (unpaired) electrons. The molecule has 4 nitrogen and oxygen atoms in total. The van der Waals surface area contributed by atoms with E-state index in [2.05, 4.69) is 13.8 Å². The van der Waals surface area contributed by atoms with Gasteiger partial charge in [0.2, 0.25) is 0 Å². The Bertz CT molecular complexity index is 812. The molecule has 2 aromatic rings. The second-order valence-electron chi connectivity index (χ2n) is 6.60. The van der Waals surface area contributed by atoms with Gasteiger partial charge in [0.05, 0.1) is 13.7 Å². The summed E-state index contributed by atoms with van der Waals surface area (Å²) < 4.78 is 11.1. The minimum Gasteiger partial charge on any atom is -0.508 e. The summed E-state index contributed by atoms with van der Waals surface area (Å²) in [4.78, 5) is 12.4. The number of aryl methyl sites for hydroxylation is 1. The first-order valence-corrected chi connectivity index (χ1v) is 9.39. The number of hydrogen-bond acceptors (Lipinski definition) is 4. The number of allylic oxidation sites excluding steroid dienone is 1. The van der Waals surface area contributed by atoms with Crippen LogP contribution in [0.3, 0.4) is 0 Å². The molecule has 144 valence electrons. The number of rotatable bonds is 9. The summed E-state index contributed by atoms with van der Waals surface area (Å²) in [6.45, 7) is 4.77. The Morgan fingerprint density at radius 3 is 2.63 bits per heavy atom. The smallest absolute Gasteiger partial charge is 0.185 e. The van der Waals surface area contributed by atoms with Crippen molar-refractivity contribution in [1.82, 2.24) is 0 Å². The molecule has 0 aliphatic rings. The van der Waals surface area contributed by atoms with E-state index in [4.69, 9.17) is 21.1 Å². The highest BCUT2D eigenvalue weighted by Crippen LogP contribution is 2.29. The zero-order valence-corrected chi connectivity index (χ0v) is 16.6. The Balaban J connectivity index is 2.15. The van der Waals surface area contributed by atoms with Crippen molar-refractivity contribution in [3.05, 3.63) is 59.2 Å². The predicted octanol–water partition coefficient (Wildman–Crippen LogP) is 5.11. The van der Waals surface area contributed by atoms with E-state index < -0.39 is 0 Å². The third kappa shape index (κ3) is 6.04. The van der Waals surface area contributed by atoms with Gasteiger partial charge >= 0.3 is 0 Å².